The highest BCUT2D eigenvalue weighted by Crippen LogP contribution is 2.15. The van der Waals surface area contributed by atoms with Crippen molar-refractivity contribution >= 4 is 17.6 Å². The summed E-state index contributed by atoms with van der Waals surface area (Å²) in [7, 11) is 0. The van der Waals surface area contributed by atoms with E-state index in [0.29, 0.717) is 0 Å². The number of halogens is 1. The molecule has 0 aliphatic rings. The van der Waals surface area contributed by atoms with Gasteiger partial charge < -0.3 is 5.11 Å². The van der Waals surface area contributed by atoms with Gasteiger partial charge in [0.15, 0.2) is 0 Å². The maximum Gasteiger partial charge on any atom is 0.304 e. The van der Waals surface area contributed by atoms with Crippen LogP contribution in [0.4, 0.5) is 0 Å². The minimum atomic E-state index is -0.795. The largest absolute Gasteiger partial charge is 0.481 e. The van der Waals surface area contributed by atoms with E-state index in [1.54, 1.807) is 0 Å². The predicted molar refractivity (Wildman–Crippen MR) is 69.1 cm³/mol. The van der Waals surface area contributed by atoms with E-state index >= 15 is 0 Å². The molecule has 0 rings (SSSR count). The number of unbranched alkanes of at least 4 members (excludes halogenated alkanes) is 4. The first kappa shape index (κ1) is 15.8. The standard InChI is InChI=1S/C13H25ClO2/c1-11(2)8-6-4-3-5-7-9-12(14)10-13(15)16/h11-12H,3-10H2,1-2H3,(H,15,16). The monoisotopic (exact) mass is 248 g/mol. The zero-order valence-corrected chi connectivity index (χ0v) is 11.3. The summed E-state index contributed by atoms with van der Waals surface area (Å²) >= 11 is 5.88. The molecule has 0 saturated carbocycles. The minimum Gasteiger partial charge on any atom is -0.481 e. The van der Waals surface area contributed by atoms with Gasteiger partial charge in [-0.05, 0) is 12.3 Å². The fraction of sp³-hybridized carbons (Fsp3) is 0.923. The van der Waals surface area contributed by atoms with E-state index in [4.69, 9.17) is 16.7 Å². The van der Waals surface area contributed by atoms with Gasteiger partial charge in [-0.1, -0.05) is 52.4 Å². The van der Waals surface area contributed by atoms with E-state index in [1.807, 2.05) is 0 Å². The van der Waals surface area contributed by atoms with Crippen LogP contribution in [0.15, 0.2) is 0 Å². The van der Waals surface area contributed by atoms with Crippen LogP contribution in [-0.2, 0) is 4.79 Å². The lowest BCUT2D eigenvalue weighted by atomic mass is 10.0. The van der Waals surface area contributed by atoms with Gasteiger partial charge in [0, 0.05) is 5.38 Å². The Kier molecular flexibility index (Phi) is 9.80. The van der Waals surface area contributed by atoms with Crippen LogP contribution < -0.4 is 0 Å². The number of rotatable bonds is 10. The summed E-state index contributed by atoms with van der Waals surface area (Å²) in [6.07, 6.45) is 8.35. The second-order valence-corrected chi connectivity index (χ2v) is 5.55. The van der Waals surface area contributed by atoms with E-state index in [1.165, 1.54) is 32.1 Å². The molecule has 1 unspecified atom stereocenters. The Morgan fingerprint density at radius 3 is 2.06 bits per heavy atom. The van der Waals surface area contributed by atoms with E-state index in [2.05, 4.69) is 13.8 Å². The summed E-state index contributed by atoms with van der Waals surface area (Å²) in [5.74, 6) is 0.0136. The molecule has 0 radical (unpaired) electrons. The van der Waals surface area contributed by atoms with Gasteiger partial charge in [0.25, 0.3) is 0 Å². The molecule has 0 aromatic rings. The number of carbonyl (C=O) groups is 1. The van der Waals surface area contributed by atoms with E-state index in [9.17, 15) is 4.79 Å². The summed E-state index contributed by atoms with van der Waals surface area (Å²) in [6.45, 7) is 4.51. The highest BCUT2D eigenvalue weighted by molar-refractivity contribution is 6.21. The van der Waals surface area contributed by atoms with Crippen molar-refractivity contribution in [1.29, 1.82) is 0 Å². The number of carboxylic acids is 1. The average Bonchev–Trinajstić information content (AvgIpc) is 2.14. The van der Waals surface area contributed by atoms with Crippen molar-refractivity contribution in [2.45, 2.75) is 70.6 Å². The van der Waals surface area contributed by atoms with Crippen molar-refractivity contribution in [3.05, 3.63) is 0 Å². The number of hydrogen-bond donors (Lipinski definition) is 1. The molecule has 0 fully saturated rings. The second kappa shape index (κ2) is 9.95. The molecule has 0 heterocycles. The van der Waals surface area contributed by atoms with Gasteiger partial charge in [0.1, 0.15) is 0 Å². The maximum atomic E-state index is 10.4. The van der Waals surface area contributed by atoms with E-state index in [0.717, 1.165) is 18.8 Å². The van der Waals surface area contributed by atoms with Crippen LogP contribution in [0.3, 0.4) is 0 Å². The van der Waals surface area contributed by atoms with Crippen molar-refractivity contribution in [3.8, 4) is 0 Å². The van der Waals surface area contributed by atoms with Crippen LogP contribution in [0.2, 0.25) is 0 Å². The molecule has 2 nitrogen and oxygen atoms in total. The summed E-state index contributed by atoms with van der Waals surface area (Å²) in [6, 6.07) is 0. The van der Waals surface area contributed by atoms with Gasteiger partial charge in [-0.15, -0.1) is 11.6 Å². The zero-order valence-electron chi connectivity index (χ0n) is 10.5. The molecule has 0 aromatic carbocycles. The molecule has 1 atom stereocenters. The molecule has 0 aliphatic carbocycles. The first-order chi connectivity index (χ1) is 7.52. The molecule has 16 heavy (non-hydrogen) atoms. The summed E-state index contributed by atoms with van der Waals surface area (Å²) in [5.41, 5.74) is 0. The second-order valence-electron chi connectivity index (χ2n) is 4.93. The van der Waals surface area contributed by atoms with Crippen molar-refractivity contribution in [3.63, 3.8) is 0 Å². The molecule has 0 saturated heterocycles. The Morgan fingerprint density at radius 1 is 1.06 bits per heavy atom. The van der Waals surface area contributed by atoms with Gasteiger partial charge in [-0.3, -0.25) is 4.79 Å². The van der Waals surface area contributed by atoms with Crippen molar-refractivity contribution in [1.82, 2.24) is 0 Å². The van der Waals surface area contributed by atoms with Gasteiger partial charge in [0.05, 0.1) is 6.42 Å². The molecule has 96 valence electrons. The van der Waals surface area contributed by atoms with Gasteiger partial charge >= 0.3 is 5.97 Å². The molecule has 0 aromatic heterocycles. The minimum absolute atomic E-state index is 0.0922. The van der Waals surface area contributed by atoms with Gasteiger partial charge in [-0.25, -0.2) is 0 Å². The van der Waals surface area contributed by atoms with E-state index in [-0.39, 0.29) is 11.8 Å². The Labute approximate surface area is 104 Å². The molecule has 0 aliphatic heterocycles. The zero-order chi connectivity index (χ0) is 12.4. The Balaban J connectivity index is 3.17. The first-order valence-corrected chi connectivity index (χ1v) is 6.82. The smallest absolute Gasteiger partial charge is 0.304 e. The molecular formula is C13H25ClO2. The quantitative estimate of drug-likeness (QED) is 0.458. The van der Waals surface area contributed by atoms with Crippen LogP contribution in [-0.4, -0.2) is 16.5 Å². The predicted octanol–water partition coefficient (Wildman–Crippen LogP) is 4.46. The van der Waals surface area contributed by atoms with Crippen LogP contribution in [0.1, 0.15) is 65.2 Å². The number of hydrogen-bond acceptors (Lipinski definition) is 1. The fourth-order valence-corrected chi connectivity index (χ4v) is 2.03. The average molecular weight is 249 g/mol. The lowest BCUT2D eigenvalue weighted by molar-refractivity contribution is -0.137. The van der Waals surface area contributed by atoms with Crippen molar-refractivity contribution < 1.29 is 9.90 Å². The van der Waals surface area contributed by atoms with Gasteiger partial charge in [-0.2, -0.15) is 0 Å². The third-order valence-corrected chi connectivity index (χ3v) is 3.07. The number of carboxylic acid groups (broad SMARTS) is 1. The highest BCUT2D eigenvalue weighted by atomic mass is 35.5. The summed E-state index contributed by atoms with van der Waals surface area (Å²) in [5, 5.41) is 8.34. The third-order valence-electron chi connectivity index (χ3n) is 2.69. The normalized spacial score (nSPS) is 13.0. The van der Waals surface area contributed by atoms with Crippen LogP contribution >= 0.6 is 11.6 Å². The van der Waals surface area contributed by atoms with Gasteiger partial charge in [0.2, 0.25) is 0 Å². The molecule has 3 heteroatoms. The summed E-state index contributed by atoms with van der Waals surface area (Å²) < 4.78 is 0. The topological polar surface area (TPSA) is 37.3 Å². The molecule has 0 amide bonds. The maximum absolute atomic E-state index is 10.4. The molecular weight excluding hydrogens is 224 g/mol. The van der Waals surface area contributed by atoms with Crippen molar-refractivity contribution in [2.24, 2.45) is 5.92 Å². The van der Waals surface area contributed by atoms with Crippen LogP contribution in [0.5, 0.6) is 0 Å². The Hall–Kier alpha value is -0.240. The Bertz CT molecular complexity index is 181. The SMILES string of the molecule is CC(C)CCCCCCCC(Cl)CC(=O)O. The Morgan fingerprint density at radius 2 is 1.56 bits per heavy atom. The number of alkyl halides is 1. The highest BCUT2D eigenvalue weighted by Gasteiger charge is 2.08. The third kappa shape index (κ3) is 11.8. The molecule has 1 N–H and O–H groups in total. The molecule has 0 spiro atoms. The fourth-order valence-electron chi connectivity index (χ4n) is 1.74. The lowest BCUT2D eigenvalue weighted by Gasteiger charge is -2.06. The first-order valence-electron chi connectivity index (χ1n) is 6.38. The van der Waals surface area contributed by atoms with E-state index < -0.39 is 5.97 Å². The summed E-state index contributed by atoms with van der Waals surface area (Å²) in [4.78, 5) is 10.4. The molecule has 0 bridgehead atoms. The number of aliphatic carboxylic acids is 1. The lowest BCUT2D eigenvalue weighted by Crippen LogP contribution is -2.06. The van der Waals surface area contributed by atoms with Crippen LogP contribution in [0.25, 0.3) is 0 Å². The van der Waals surface area contributed by atoms with Crippen molar-refractivity contribution in [2.75, 3.05) is 0 Å². The van der Waals surface area contributed by atoms with Crippen LogP contribution in [0, 0.1) is 5.92 Å².